The Morgan fingerprint density at radius 2 is 2.21 bits per heavy atom. The molecular weight excluding hydrogens is 256 g/mol. The van der Waals surface area contributed by atoms with Crippen molar-refractivity contribution < 1.29 is 0 Å². The van der Waals surface area contributed by atoms with Gasteiger partial charge in [0.25, 0.3) is 0 Å². The van der Waals surface area contributed by atoms with E-state index in [1.54, 1.807) is 0 Å². The van der Waals surface area contributed by atoms with Crippen LogP contribution in [0.25, 0.3) is 0 Å². The number of hydrogen-bond donors (Lipinski definition) is 1. The van der Waals surface area contributed by atoms with Gasteiger partial charge < -0.3 is 10.2 Å². The molecule has 1 aromatic rings. The Labute approximate surface area is 120 Å². The van der Waals surface area contributed by atoms with Crippen LogP contribution in [0.3, 0.4) is 0 Å². The van der Waals surface area contributed by atoms with Gasteiger partial charge in [-0.05, 0) is 19.9 Å². The van der Waals surface area contributed by atoms with Crippen LogP contribution in [0.4, 0.5) is 5.82 Å². The highest BCUT2D eigenvalue weighted by atomic mass is 32.2. The highest BCUT2D eigenvalue weighted by Crippen LogP contribution is 2.27. The quantitative estimate of drug-likeness (QED) is 0.838. The zero-order valence-electron chi connectivity index (χ0n) is 12.1. The minimum Gasteiger partial charge on any atom is -0.351 e. The van der Waals surface area contributed by atoms with Crippen molar-refractivity contribution in [1.29, 1.82) is 0 Å². The lowest BCUT2D eigenvalue weighted by Gasteiger charge is -2.38. The van der Waals surface area contributed by atoms with Gasteiger partial charge in [0, 0.05) is 30.1 Å². The number of nitrogens with one attached hydrogen (secondary N) is 1. The van der Waals surface area contributed by atoms with E-state index in [0.29, 0.717) is 11.3 Å². The topological polar surface area (TPSA) is 41.1 Å². The van der Waals surface area contributed by atoms with E-state index in [0.717, 1.165) is 37.6 Å². The van der Waals surface area contributed by atoms with Gasteiger partial charge in [-0.3, -0.25) is 4.98 Å². The van der Waals surface area contributed by atoms with Gasteiger partial charge >= 0.3 is 0 Å². The van der Waals surface area contributed by atoms with Crippen molar-refractivity contribution in [3.63, 3.8) is 0 Å². The molecule has 0 spiro atoms. The first-order valence-electron chi connectivity index (χ1n) is 7.12. The van der Waals surface area contributed by atoms with Crippen molar-refractivity contribution in [2.24, 2.45) is 0 Å². The van der Waals surface area contributed by atoms with Crippen LogP contribution in [0, 0.1) is 0 Å². The molecule has 1 saturated heterocycles. The highest BCUT2D eigenvalue weighted by Gasteiger charge is 2.26. The van der Waals surface area contributed by atoms with Crippen molar-refractivity contribution in [3.05, 3.63) is 18.1 Å². The summed E-state index contributed by atoms with van der Waals surface area (Å²) in [6, 6.07) is 0.525. The molecule has 2 atom stereocenters. The monoisotopic (exact) mass is 280 g/mol. The zero-order chi connectivity index (χ0) is 13.7. The fraction of sp³-hybridized carbons (Fsp3) is 0.714. The van der Waals surface area contributed by atoms with Gasteiger partial charge in [0.15, 0.2) is 0 Å². The maximum absolute atomic E-state index is 4.58. The normalized spacial score (nSPS) is 23.6. The number of hydrogen-bond acceptors (Lipinski definition) is 5. The first kappa shape index (κ1) is 14.6. The Morgan fingerprint density at radius 3 is 2.89 bits per heavy atom. The lowest BCUT2D eigenvalue weighted by molar-refractivity contribution is 0.616. The zero-order valence-corrected chi connectivity index (χ0v) is 12.9. The van der Waals surface area contributed by atoms with E-state index in [9.17, 15) is 0 Å². The lowest BCUT2D eigenvalue weighted by Crippen LogP contribution is -2.45. The summed E-state index contributed by atoms with van der Waals surface area (Å²) in [6.45, 7) is 9.63. The van der Waals surface area contributed by atoms with Crippen LogP contribution in [0.5, 0.6) is 0 Å². The van der Waals surface area contributed by atoms with E-state index >= 15 is 0 Å². The molecule has 2 rings (SSSR count). The first-order chi connectivity index (χ1) is 9.22. The fourth-order valence-corrected chi connectivity index (χ4v) is 3.34. The van der Waals surface area contributed by atoms with Gasteiger partial charge in [-0.25, -0.2) is 4.98 Å². The molecule has 1 aliphatic rings. The van der Waals surface area contributed by atoms with Gasteiger partial charge in [-0.2, -0.15) is 11.8 Å². The summed E-state index contributed by atoms with van der Waals surface area (Å²) >= 11 is 2.04. The molecule has 5 heteroatoms. The molecule has 0 aromatic carbocycles. The fourth-order valence-electron chi connectivity index (χ4n) is 2.24. The summed E-state index contributed by atoms with van der Waals surface area (Å²) in [4.78, 5) is 11.5. The average molecular weight is 280 g/mol. The van der Waals surface area contributed by atoms with Crippen molar-refractivity contribution in [2.45, 2.75) is 45.0 Å². The third kappa shape index (κ3) is 3.83. The van der Waals surface area contributed by atoms with E-state index < -0.39 is 0 Å². The molecule has 0 radical (unpaired) electrons. The molecule has 19 heavy (non-hydrogen) atoms. The van der Waals surface area contributed by atoms with Crippen molar-refractivity contribution in [3.8, 4) is 0 Å². The molecular formula is C14H24N4S. The van der Waals surface area contributed by atoms with Crippen LogP contribution in [0.1, 0.15) is 32.9 Å². The number of thioether (sulfide) groups is 1. The molecule has 1 aromatic heterocycles. The van der Waals surface area contributed by atoms with E-state index in [-0.39, 0.29) is 0 Å². The molecule has 4 nitrogen and oxygen atoms in total. The summed E-state index contributed by atoms with van der Waals surface area (Å²) in [5.41, 5.74) is 1.02. The molecule has 0 amide bonds. The van der Waals surface area contributed by atoms with Crippen LogP contribution < -0.4 is 10.2 Å². The first-order valence-corrected chi connectivity index (χ1v) is 8.17. The summed E-state index contributed by atoms with van der Waals surface area (Å²) in [5, 5.41) is 4.00. The molecule has 0 saturated carbocycles. The Kier molecular flexibility index (Phi) is 5.45. The molecule has 106 valence electrons. The Bertz CT molecular complexity index is 382. The predicted octanol–water partition coefficient (Wildman–Crippen LogP) is 2.31. The van der Waals surface area contributed by atoms with Crippen molar-refractivity contribution in [2.75, 3.05) is 23.7 Å². The third-order valence-corrected chi connectivity index (χ3v) is 4.94. The van der Waals surface area contributed by atoms with Crippen LogP contribution in [0.2, 0.25) is 0 Å². The third-order valence-electron chi connectivity index (χ3n) is 3.60. The summed E-state index contributed by atoms with van der Waals surface area (Å²) in [6.07, 6.45) is 4.96. The van der Waals surface area contributed by atoms with Crippen molar-refractivity contribution in [1.82, 2.24) is 15.3 Å². The van der Waals surface area contributed by atoms with Gasteiger partial charge in [0.1, 0.15) is 5.82 Å². The molecule has 1 fully saturated rings. The number of aromatic nitrogens is 2. The van der Waals surface area contributed by atoms with E-state index in [1.165, 1.54) is 5.75 Å². The molecule has 2 unspecified atom stereocenters. The molecule has 0 bridgehead atoms. The maximum atomic E-state index is 4.58. The van der Waals surface area contributed by atoms with Crippen LogP contribution in [-0.4, -0.2) is 40.1 Å². The smallest absolute Gasteiger partial charge is 0.147 e. The Balaban J connectivity index is 1.97. The lowest BCUT2D eigenvalue weighted by atomic mass is 10.2. The van der Waals surface area contributed by atoms with Gasteiger partial charge in [-0.15, -0.1) is 0 Å². The molecule has 1 aliphatic heterocycles. The number of rotatable bonds is 5. The number of nitrogens with zero attached hydrogens (tertiary/aromatic N) is 3. The number of anilines is 1. The largest absolute Gasteiger partial charge is 0.351 e. The molecule has 0 aliphatic carbocycles. The summed E-state index contributed by atoms with van der Waals surface area (Å²) < 4.78 is 0. The standard InChI is InChI=1S/C14H24N4S/c1-4-5-15-8-13-9-17-14(10-16-13)18-6-7-19-12(3)11(18)2/h9-12,15H,4-8H2,1-3H3. The second-order valence-corrected chi connectivity index (χ2v) is 6.54. The molecule has 2 heterocycles. The average Bonchev–Trinajstić information content (AvgIpc) is 2.43. The van der Waals surface area contributed by atoms with Crippen LogP contribution in [-0.2, 0) is 6.54 Å². The molecule has 1 N–H and O–H groups in total. The maximum Gasteiger partial charge on any atom is 0.147 e. The van der Waals surface area contributed by atoms with Crippen LogP contribution in [0.15, 0.2) is 12.4 Å². The Morgan fingerprint density at radius 1 is 1.37 bits per heavy atom. The summed E-state index contributed by atoms with van der Waals surface area (Å²) in [7, 11) is 0. The SMILES string of the molecule is CCCNCc1cnc(N2CCSC(C)C2C)cn1. The predicted molar refractivity (Wildman–Crippen MR) is 82.8 cm³/mol. The van der Waals surface area contributed by atoms with Gasteiger partial charge in [0.05, 0.1) is 18.1 Å². The van der Waals surface area contributed by atoms with Gasteiger partial charge in [-0.1, -0.05) is 13.8 Å². The minimum absolute atomic E-state index is 0.525. The second-order valence-electron chi connectivity index (χ2n) is 5.05. The Hall–Kier alpha value is -0.810. The van der Waals surface area contributed by atoms with E-state index in [1.807, 2.05) is 24.2 Å². The van der Waals surface area contributed by atoms with Crippen LogP contribution >= 0.6 is 11.8 Å². The highest BCUT2D eigenvalue weighted by molar-refractivity contribution is 8.00. The summed E-state index contributed by atoms with van der Waals surface area (Å²) in [5.74, 6) is 2.19. The van der Waals surface area contributed by atoms with E-state index in [4.69, 9.17) is 0 Å². The minimum atomic E-state index is 0.525. The van der Waals surface area contributed by atoms with Gasteiger partial charge in [0.2, 0.25) is 0 Å². The second kappa shape index (κ2) is 7.10. The van der Waals surface area contributed by atoms with Crippen molar-refractivity contribution >= 4 is 17.6 Å². The van der Waals surface area contributed by atoms with E-state index in [2.05, 4.69) is 41.0 Å².